The standard InChI is InChI=1S/C15H21NOS/c1-4-16-13-7-11-5-6-14(9-12(11)8-13)18-15(2,3)10-17/h5-6,9-10,13,16H,4,7-8H2,1-3H3. The van der Waals surface area contributed by atoms with Gasteiger partial charge in [-0.1, -0.05) is 13.0 Å². The summed E-state index contributed by atoms with van der Waals surface area (Å²) in [6.07, 6.45) is 3.26. The highest BCUT2D eigenvalue weighted by Gasteiger charge is 2.23. The molecule has 0 heterocycles. The summed E-state index contributed by atoms with van der Waals surface area (Å²) < 4.78 is -0.339. The second kappa shape index (κ2) is 5.45. The lowest BCUT2D eigenvalue weighted by molar-refractivity contribution is -0.109. The molecule has 1 unspecified atom stereocenters. The van der Waals surface area contributed by atoms with Crippen LogP contribution in [-0.2, 0) is 17.6 Å². The zero-order valence-corrected chi connectivity index (χ0v) is 12.1. The van der Waals surface area contributed by atoms with Crippen LogP contribution in [0.5, 0.6) is 0 Å². The summed E-state index contributed by atoms with van der Waals surface area (Å²) in [5.41, 5.74) is 2.89. The van der Waals surface area contributed by atoms with Crippen LogP contribution in [0.2, 0.25) is 0 Å². The summed E-state index contributed by atoms with van der Waals surface area (Å²) in [5, 5.41) is 3.51. The number of carbonyl (C=O) groups is 1. The van der Waals surface area contributed by atoms with Crippen LogP contribution in [0.15, 0.2) is 23.1 Å². The maximum atomic E-state index is 11.0. The fraction of sp³-hybridized carbons (Fsp3) is 0.533. The molecule has 1 aliphatic rings. The van der Waals surface area contributed by atoms with Gasteiger partial charge in [0.2, 0.25) is 0 Å². The van der Waals surface area contributed by atoms with E-state index in [0.717, 1.165) is 25.7 Å². The van der Waals surface area contributed by atoms with Gasteiger partial charge in [0.05, 0.1) is 4.75 Å². The summed E-state index contributed by atoms with van der Waals surface area (Å²) >= 11 is 1.64. The number of likely N-dealkylation sites (N-methyl/N-ethyl adjacent to an activating group) is 1. The van der Waals surface area contributed by atoms with Gasteiger partial charge < -0.3 is 10.1 Å². The minimum atomic E-state index is -0.339. The van der Waals surface area contributed by atoms with E-state index in [9.17, 15) is 4.79 Å². The van der Waals surface area contributed by atoms with Crippen LogP contribution < -0.4 is 5.32 Å². The molecular weight excluding hydrogens is 242 g/mol. The normalized spacial score (nSPS) is 18.7. The first-order valence-electron chi connectivity index (χ1n) is 6.54. The zero-order valence-electron chi connectivity index (χ0n) is 11.3. The Hall–Kier alpha value is -0.800. The van der Waals surface area contributed by atoms with E-state index >= 15 is 0 Å². The fourth-order valence-corrected chi connectivity index (χ4v) is 3.41. The first-order valence-corrected chi connectivity index (χ1v) is 7.36. The molecule has 0 aromatic heterocycles. The monoisotopic (exact) mass is 263 g/mol. The number of fused-ring (bicyclic) bond motifs is 1. The summed E-state index contributed by atoms with van der Waals surface area (Å²) in [6, 6.07) is 7.20. The number of carbonyl (C=O) groups excluding carboxylic acids is 1. The lowest BCUT2D eigenvalue weighted by atomic mass is 10.1. The largest absolute Gasteiger partial charge is 0.314 e. The molecule has 0 saturated carbocycles. The molecule has 0 radical (unpaired) electrons. The van der Waals surface area contributed by atoms with Crippen molar-refractivity contribution in [3.05, 3.63) is 29.3 Å². The Bertz CT molecular complexity index is 442. The molecule has 1 atom stereocenters. The second-order valence-corrected chi connectivity index (χ2v) is 7.14. The van der Waals surface area contributed by atoms with Crippen LogP contribution in [-0.4, -0.2) is 23.6 Å². The van der Waals surface area contributed by atoms with Gasteiger partial charge in [0, 0.05) is 10.9 Å². The van der Waals surface area contributed by atoms with Gasteiger partial charge >= 0.3 is 0 Å². The minimum Gasteiger partial charge on any atom is -0.314 e. The van der Waals surface area contributed by atoms with Crippen molar-refractivity contribution >= 4 is 18.0 Å². The van der Waals surface area contributed by atoms with Gasteiger partial charge in [0.25, 0.3) is 0 Å². The molecule has 3 heteroatoms. The van der Waals surface area contributed by atoms with Crippen molar-refractivity contribution in [1.29, 1.82) is 0 Å². The highest BCUT2D eigenvalue weighted by Crippen LogP contribution is 2.34. The molecule has 0 amide bonds. The van der Waals surface area contributed by atoms with E-state index < -0.39 is 0 Å². The average Bonchev–Trinajstić information content (AvgIpc) is 2.70. The molecule has 0 fully saturated rings. The van der Waals surface area contributed by atoms with Crippen LogP contribution in [0, 0.1) is 0 Å². The first-order chi connectivity index (χ1) is 8.54. The third-order valence-electron chi connectivity index (χ3n) is 3.27. The Kier molecular flexibility index (Phi) is 4.13. The average molecular weight is 263 g/mol. The number of thioether (sulfide) groups is 1. The van der Waals surface area contributed by atoms with Gasteiger partial charge in [0.15, 0.2) is 0 Å². The molecule has 2 nitrogen and oxygen atoms in total. The van der Waals surface area contributed by atoms with Crippen molar-refractivity contribution in [2.24, 2.45) is 0 Å². The van der Waals surface area contributed by atoms with Gasteiger partial charge in [-0.3, -0.25) is 0 Å². The second-order valence-electron chi connectivity index (χ2n) is 5.42. The Morgan fingerprint density at radius 1 is 1.39 bits per heavy atom. The Labute approximate surface area is 114 Å². The van der Waals surface area contributed by atoms with Crippen LogP contribution in [0.3, 0.4) is 0 Å². The summed E-state index contributed by atoms with van der Waals surface area (Å²) in [7, 11) is 0. The number of nitrogens with one attached hydrogen (secondary N) is 1. The maximum absolute atomic E-state index is 11.0. The molecule has 1 aliphatic carbocycles. The quantitative estimate of drug-likeness (QED) is 0.654. The smallest absolute Gasteiger partial charge is 0.135 e. The first kappa shape index (κ1) is 13.6. The third kappa shape index (κ3) is 3.15. The number of hydrogen-bond acceptors (Lipinski definition) is 3. The number of rotatable bonds is 5. The van der Waals surface area contributed by atoms with Crippen LogP contribution >= 0.6 is 11.8 Å². The lowest BCUT2D eigenvalue weighted by Crippen LogP contribution is -2.28. The highest BCUT2D eigenvalue weighted by atomic mass is 32.2. The van der Waals surface area contributed by atoms with E-state index in [1.54, 1.807) is 11.8 Å². The fourth-order valence-electron chi connectivity index (χ4n) is 2.42. The minimum absolute atomic E-state index is 0.339. The van der Waals surface area contributed by atoms with Crippen molar-refractivity contribution in [2.45, 2.75) is 49.3 Å². The Balaban J connectivity index is 2.11. The molecule has 0 saturated heterocycles. The topological polar surface area (TPSA) is 29.1 Å². The summed E-state index contributed by atoms with van der Waals surface area (Å²) in [4.78, 5) is 12.2. The molecule has 0 aliphatic heterocycles. The van der Waals surface area contributed by atoms with E-state index in [-0.39, 0.29) is 4.75 Å². The Morgan fingerprint density at radius 3 is 2.78 bits per heavy atom. The van der Waals surface area contributed by atoms with Crippen molar-refractivity contribution < 1.29 is 4.79 Å². The van der Waals surface area contributed by atoms with Gasteiger partial charge in [0.1, 0.15) is 6.29 Å². The molecule has 18 heavy (non-hydrogen) atoms. The van der Waals surface area contributed by atoms with E-state index in [1.165, 1.54) is 16.0 Å². The van der Waals surface area contributed by atoms with Crippen LogP contribution in [0.25, 0.3) is 0 Å². The molecule has 1 aromatic rings. The number of benzene rings is 1. The summed E-state index contributed by atoms with van der Waals surface area (Å²) in [5.74, 6) is 0. The van der Waals surface area contributed by atoms with E-state index in [2.05, 4.69) is 30.4 Å². The molecule has 98 valence electrons. The highest BCUT2D eigenvalue weighted by molar-refractivity contribution is 8.01. The lowest BCUT2D eigenvalue weighted by Gasteiger charge is -2.16. The third-order valence-corrected chi connectivity index (χ3v) is 4.38. The van der Waals surface area contributed by atoms with Crippen molar-refractivity contribution in [3.8, 4) is 0 Å². The predicted molar refractivity (Wildman–Crippen MR) is 77.3 cm³/mol. The van der Waals surface area contributed by atoms with Gasteiger partial charge in [-0.05, 0) is 56.5 Å². The molecule has 1 aromatic carbocycles. The van der Waals surface area contributed by atoms with Gasteiger partial charge in [-0.2, -0.15) is 0 Å². The van der Waals surface area contributed by atoms with Gasteiger partial charge in [-0.25, -0.2) is 0 Å². The molecule has 0 spiro atoms. The van der Waals surface area contributed by atoms with Crippen molar-refractivity contribution in [3.63, 3.8) is 0 Å². The molecular formula is C15H21NOS. The molecule has 1 N–H and O–H groups in total. The SMILES string of the molecule is CCNC1Cc2ccc(SC(C)(C)C=O)cc2C1. The maximum Gasteiger partial charge on any atom is 0.135 e. The van der Waals surface area contributed by atoms with Crippen molar-refractivity contribution in [1.82, 2.24) is 5.32 Å². The Morgan fingerprint density at radius 2 is 2.11 bits per heavy atom. The van der Waals surface area contributed by atoms with Crippen LogP contribution in [0.1, 0.15) is 31.9 Å². The van der Waals surface area contributed by atoms with E-state index in [1.807, 2.05) is 13.8 Å². The molecule has 2 rings (SSSR count). The van der Waals surface area contributed by atoms with Crippen molar-refractivity contribution in [2.75, 3.05) is 6.54 Å². The molecule has 0 bridgehead atoms. The van der Waals surface area contributed by atoms with Crippen LogP contribution in [0.4, 0.5) is 0 Å². The zero-order chi connectivity index (χ0) is 13.2. The van der Waals surface area contributed by atoms with E-state index in [0.29, 0.717) is 6.04 Å². The number of aldehydes is 1. The predicted octanol–water partition coefficient (Wildman–Crippen LogP) is 2.83. The summed E-state index contributed by atoms with van der Waals surface area (Å²) in [6.45, 7) is 7.09. The van der Waals surface area contributed by atoms with Gasteiger partial charge in [-0.15, -0.1) is 11.8 Å². The number of hydrogen-bond donors (Lipinski definition) is 1. The van der Waals surface area contributed by atoms with E-state index in [4.69, 9.17) is 0 Å².